The zero-order valence-electron chi connectivity index (χ0n) is 17.3. The van der Waals surface area contributed by atoms with Gasteiger partial charge in [-0.1, -0.05) is 6.08 Å². The zero-order chi connectivity index (χ0) is 20.3. The molecule has 1 fully saturated rings. The maximum absolute atomic E-state index is 11.9. The highest BCUT2D eigenvalue weighted by Crippen LogP contribution is 2.24. The van der Waals surface area contributed by atoms with Gasteiger partial charge in [0.1, 0.15) is 5.60 Å². The number of amides is 2. The van der Waals surface area contributed by atoms with Crippen LogP contribution in [-0.2, 0) is 19.0 Å². The molecule has 2 amide bonds. The Balaban J connectivity index is 2.40. The summed E-state index contributed by atoms with van der Waals surface area (Å²) in [5, 5.41) is 5.59. The quantitative estimate of drug-likeness (QED) is 0.460. The normalized spacial score (nSPS) is 17.1. The van der Waals surface area contributed by atoms with E-state index >= 15 is 0 Å². The predicted octanol–water partition coefficient (Wildman–Crippen LogP) is 1.31. The Hall–Kier alpha value is -1.64. The van der Waals surface area contributed by atoms with Crippen molar-refractivity contribution in [3.8, 4) is 0 Å². The lowest BCUT2D eigenvalue weighted by Crippen LogP contribution is -2.50. The molecule has 0 saturated carbocycles. The minimum absolute atomic E-state index is 0.145. The molecule has 2 N–H and O–H groups in total. The summed E-state index contributed by atoms with van der Waals surface area (Å²) in [6, 6.07) is 0. The topological polar surface area (TPSA) is 89.1 Å². The van der Waals surface area contributed by atoms with E-state index in [2.05, 4.69) is 10.6 Å². The van der Waals surface area contributed by atoms with E-state index in [0.29, 0.717) is 52.3 Å². The van der Waals surface area contributed by atoms with Crippen molar-refractivity contribution in [3.63, 3.8) is 0 Å². The molecule has 0 radical (unpaired) electrons. The Morgan fingerprint density at radius 3 is 2.44 bits per heavy atom. The number of alkyl carbamates (subject to hydrolysis) is 1. The zero-order valence-corrected chi connectivity index (χ0v) is 17.3. The number of hydrogen-bond acceptors (Lipinski definition) is 6. The van der Waals surface area contributed by atoms with Crippen molar-refractivity contribution < 1.29 is 23.8 Å². The van der Waals surface area contributed by atoms with Crippen LogP contribution in [0, 0.1) is 0 Å². The summed E-state index contributed by atoms with van der Waals surface area (Å²) in [6.07, 6.45) is 4.23. The number of nitrogens with zero attached hydrogens (tertiary/aromatic N) is 1. The van der Waals surface area contributed by atoms with Crippen LogP contribution < -0.4 is 10.6 Å². The van der Waals surface area contributed by atoms with Crippen LogP contribution in [-0.4, -0.2) is 81.7 Å². The highest BCUT2D eigenvalue weighted by Gasteiger charge is 2.34. The van der Waals surface area contributed by atoms with Crippen LogP contribution in [0.4, 0.5) is 4.79 Å². The Morgan fingerprint density at radius 2 is 1.85 bits per heavy atom. The number of likely N-dealkylation sites (N-methyl/N-ethyl adjacent to an activating group) is 1. The van der Waals surface area contributed by atoms with Crippen LogP contribution >= 0.6 is 0 Å². The Kier molecular flexibility index (Phi) is 9.76. The molecule has 1 aliphatic rings. The fourth-order valence-corrected chi connectivity index (χ4v) is 2.53. The van der Waals surface area contributed by atoms with Crippen LogP contribution in [0.3, 0.4) is 0 Å². The lowest BCUT2D eigenvalue weighted by atomic mass is 9.94. The van der Waals surface area contributed by atoms with Crippen molar-refractivity contribution >= 4 is 12.0 Å². The largest absolute Gasteiger partial charge is 0.444 e. The van der Waals surface area contributed by atoms with Crippen molar-refractivity contribution in [2.24, 2.45) is 0 Å². The van der Waals surface area contributed by atoms with Gasteiger partial charge in [-0.2, -0.15) is 0 Å². The van der Waals surface area contributed by atoms with E-state index in [0.717, 1.165) is 0 Å². The summed E-state index contributed by atoms with van der Waals surface area (Å²) < 4.78 is 16.7. The van der Waals surface area contributed by atoms with Gasteiger partial charge < -0.3 is 29.7 Å². The SMILES string of the molecule is CN(C)C/C=C/C(=O)NCCOC1(CNC(=O)OC(C)(C)C)CCOCC1. The van der Waals surface area contributed by atoms with E-state index in [1.807, 2.05) is 39.8 Å². The molecule has 0 bridgehead atoms. The molecule has 0 unspecified atom stereocenters. The molecule has 0 aromatic rings. The summed E-state index contributed by atoms with van der Waals surface area (Å²) >= 11 is 0. The molecule has 27 heavy (non-hydrogen) atoms. The highest BCUT2D eigenvalue weighted by atomic mass is 16.6. The number of nitrogens with one attached hydrogen (secondary N) is 2. The Labute approximate surface area is 162 Å². The maximum Gasteiger partial charge on any atom is 0.407 e. The minimum Gasteiger partial charge on any atom is -0.444 e. The van der Waals surface area contributed by atoms with E-state index in [1.165, 1.54) is 6.08 Å². The Morgan fingerprint density at radius 1 is 1.19 bits per heavy atom. The molecule has 1 heterocycles. The van der Waals surface area contributed by atoms with Crippen molar-refractivity contribution in [1.29, 1.82) is 0 Å². The predicted molar refractivity (Wildman–Crippen MR) is 104 cm³/mol. The molecule has 1 saturated heterocycles. The summed E-state index contributed by atoms with van der Waals surface area (Å²) in [7, 11) is 3.88. The maximum atomic E-state index is 11.9. The second-order valence-corrected chi connectivity index (χ2v) is 7.95. The number of hydrogen-bond donors (Lipinski definition) is 2. The molecule has 0 atom stereocenters. The molecule has 1 rings (SSSR count). The van der Waals surface area contributed by atoms with Crippen molar-refractivity contribution in [2.45, 2.75) is 44.8 Å². The van der Waals surface area contributed by atoms with E-state index in [1.54, 1.807) is 6.08 Å². The van der Waals surface area contributed by atoms with Gasteiger partial charge in [-0.25, -0.2) is 4.79 Å². The fraction of sp³-hybridized carbons (Fsp3) is 0.789. The number of carbonyl (C=O) groups is 2. The average molecular weight is 386 g/mol. The minimum atomic E-state index is -0.543. The highest BCUT2D eigenvalue weighted by molar-refractivity contribution is 5.87. The monoisotopic (exact) mass is 385 g/mol. The third-order valence-corrected chi connectivity index (χ3v) is 3.91. The van der Waals surface area contributed by atoms with E-state index < -0.39 is 17.3 Å². The molecular weight excluding hydrogens is 350 g/mol. The van der Waals surface area contributed by atoms with Gasteiger partial charge in [0.25, 0.3) is 0 Å². The molecule has 0 aromatic heterocycles. The number of ether oxygens (including phenoxy) is 3. The molecule has 0 spiro atoms. The van der Waals surface area contributed by atoms with Gasteiger partial charge in [-0.05, 0) is 34.9 Å². The van der Waals surface area contributed by atoms with Crippen LogP contribution in [0.5, 0.6) is 0 Å². The lowest BCUT2D eigenvalue weighted by Gasteiger charge is -2.37. The molecular formula is C19H35N3O5. The second kappa shape index (κ2) is 11.3. The number of rotatable bonds is 9. The van der Waals surface area contributed by atoms with E-state index in [9.17, 15) is 9.59 Å². The third kappa shape index (κ3) is 10.9. The third-order valence-electron chi connectivity index (χ3n) is 3.91. The summed E-state index contributed by atoms with van der Waals surface area (Å²) in [5.41, 5.74) is -1.04. The molecule has 0 aliphatic carbocycles. The molecule has 156 valence electrons. The van der Waals surface area contributed by atoms with Crippen LogP contribution in [0.2, 0.25) is 0 Å². The summed E-state index contributed by atoms with van der Waals surface area (Å²) in [4.78, 5) is 25.6. The summed E-state index contributed by atoms with van der Waals surface area (Å²) in [6.45, 7) is 8.45. The van der Waals surface area contributed by atoms with Gasteiger partial charge in [0.05, 0.1) is 18.8 Å². The van der Waals surface area contributed by atoms with Gasteiger partial charge in [0.15, 0.2) is 0 Å². The number of carbonyl (C=O) groups excluding carboxylic acids is 2. The second-order valence-electron chi connectivity index (χ2n) is 7.95. The molecule has 8 nitrogen and oxygen atoms in total. The molecule has 0 aromatic carbocycles. The first-order valence-electron chi connectivity index (χ1n) is 9.40. The first-order valence-corrected chi connectivity index (χ1v) is 9.40. The van der Waals surface area contributed by atoms with E-state index in [4.69, 9.17) is 14.2 Å². The van der Waals surface area contributed by atoms with Crippen molar-refractivity contribution in [1.82, 2.24) is 15.5 Å². The van der Waals surface area contributed by atoms with Gasteiger partial charge in [0.2, 0.25) is 5.91 Å². The lowest BCUT2D eigenvalue weighted by molar-refractivity contribution is -0.120. The summed E-state index contributed by atoms with van der Waals surface area (Å²) in [5.74, 6) is -0.145. The van der Waals surface area contributed by atoms with Crippen LogP contribution in [0.25, 0.3) is 0 Å². The molecule has 8 heteroatoms. The standard InChI is InChI=1S/C19H35N3O5/c1-18(2,3)27-17(24)21-15-19(8-12-25-13-9-19)26-14-10-20-16(23)7-6-11-22(4)5/h6-7H,8-15H2,1-5H3,(H,20,23)(H,21,24)/b7-6+. The van der Waals surface area contributed by atoms with Crippen molar-refractivity contribution in [3.05, 3.63) is 12.2 Å². The average Bonchev–Trinajstić information content (AvgIpc) is 2.56. The van der Waals surface area contributed by atoms with Crippen LogP contribution in [0.15, 0.2) is 12.2 Å². The fourth-order valence-electron chi connectivity index (χ4n) is 2.53. The first kappa shape index (κ1) is 23.4. The van der Waals surface area contributed by atoms with Gasteiger partial charge in [-0.3, -0.25) is 4.79 Å². The smallest absolute Gasteiger partial charge is 0.407 e. The van der Waals surface area contributed by atoms with E-state index in [-0.39, 0.29) is 5.91 Å². The van der Waals surface area contributed by atoms with Gasteiger partial charge in [0, 0.05) is 45.2 Å². The Bertz CT molecular complexity index is 494. The molecule has 1 aliphatic heterocycles. The van der Waals surface area contributed by atoms with Crippen molar-refractivity contribution in [2.75, 3.05) is 53.6 Å². The van der Waals surface area contributed by atoms with Crippen LogP contribution in [0.1, 0.15) is 33.6 Å². The van der Waals surface area contributed by atoms with Gasteiger partial charge in [-0.15, -0.1) is 0 Å². The first-order chi connectivity index (χ1) is 12.6. The van der Waals surface area contributed by atoms with Gasteiger partial charge >= 0.3 is 6.09 Å².